The summed E-state index contributed by atoms with van der Waals surface area (Å²) in [4.78, 5) is 8.63. The average molecular weight is 178 g/mol. The molecule has 3 nitrogen and oxygen atoms in total. The summed E-state index contributed by atoms with van der Waals surface area (Å²) in [6.07, 6.45) is 3.85. The summed E-state index contributed by atoms with van der Waals surface area (Å²) >= 11 is 0. The van der Waals surface area contributed by atoms with Gasteiger partial charge in [-0.05, 0) is 5.56 Å². The van der Waals surface area contributed by atoms with Crippen molar-refractivity contribution >= 4 is 0 Å². The third kappa shape index (κ3) is 1.70. The number of hydrogen-bond acceptors (Lipinski definition) is 3. The Morgan fingerprint density at radius 3 is 2.31 bits per heavy atom. The Balaban J connectivity index is 2.13. The molecule has 70 valence electrons. The van der Waals surface area contributed by atoms with Gasteiger partial charge in [-0.1, -0.05) is 13.8 Å². The standard InChI is InChI=1S/C10H14N2O/c1-7(2)10-11-3-8(4-12-10)9-5-13-6-9/h3-4,7,9H,5-6H2,1-2H3. The van der Waals surface area contributed by atoms with Gasteiger partial charge >= 0.3 is 0 Å². The number of aromatic nitrogens is 2. The fourth-order valence-corrected chi connectivity index (χ4v) is 1.29. The van der Waals surface area contributed by atoms with E-state index < -0.39 is 0 Å². The van der Waals surface area contributed by atoms with Gasteiger partial charge < -0.3 is 4.74 Å². The predicted molar refractivity (Wildman–Crippen MR) is 49.7 cm³/mol. The van der Waals surface area contributed by atoms with E-state index in [-0.39, 0.29) is 0 Å². The molecule has 3 heteroatoms. The molecule has 1 saturated heterocycles. The maximum atomic E-state index is 5.11. The first kappa shape index (κ1) is 8.63. The molecular formula is C10H14N2O. The summed E-state index contributed by atoms with van der Waals surface area (Å²) in [6, 6.07) is 0. The summed E-state index contributed by atoms with van der Waals surface area (Å²) in [5, 5.41) is 0. The smallest absolute Gasteiger partial charge is 0.130 e. The quantitative estimate of drug-likeness (QED) is 0.691. The highest BCUT2D eigenvalue weighted by atomic mass is 16.5. The molecule has 0 radical (unpaired) electrons. The lowest BCUT2D eigenvalue weighted by Crippen LogP contribution is -2.25. The van der Waals surface area contributed by atoms with Crippen LogP contribution in [-0.4, -0.2) is 23.2 Å². The second-order valence-corrected chi connectivity index (χ2v) is 3.76. The van der Waals surface area contributed by atoms with E-state index in [2.05, 4.69) is 23.8 Å². The molecule has 2 heterocycles. The van der Waals surface area contributed by atoms with E-state index in [1.165, 1.54) is 5.56 Å². The van der Waals surface area contributed by atoms with Crippen LogP contribution in [0.15, 0.2) is 12.4 Å². The summed E-state index contributed by atoms with van der Waals surface area (Å²) < 4.78 is 5.11. The van der Waals surface area contributed by atoms with E-state index >= 15 is 0 Å². The summed E-state index contributed by atoms with van der Waals surface area (Å²) in [6.45, 7) is 5.84. The van der Waals surface area contributed by atoms with Crippen molar-refractivity contribution in [2.75, 3.05) is 13.2 Å². The highest BCUT2D eigenvalue weighted by Crippen LogP contribution is 2.22. The maximum absolute atomic E-state index is 5.11. The summed E-state index contributed by atoms with van der Waals surface area (Å²) in [5.74, 6) is 1.86. The van der Waals surface area contributed by atoms with E-state index in [9.17, 15) is 0 Å². The molecule has 1 aromatic heterocycles. The van der Waals surface area contributed by atoms with Crippen LogP contribution in [0.1, 0.15) is 37.1 Å². The fraction of sp³-hybridized carbons (Fsp3) is 0.600. The zero-order valence-corrected chi connectivity index (χ0v) is 8.03. The SMILES string of the molecule is CC(C)c1ncc(C2COC2)cn1. The van der Waals surface area contributed by atoms with Crippen molar-refractivity contribution in [3.8, 4) is 0 Å². The normalized spacial score (nSPS) is 17.5. The third-order valence-electron chi connectivity index (χ3n) is 2.32. The van der Waals surface area contributed by atoms with Crippen molar-refractivity contribution < 1.29 is 4.74 Å². The Hall–Kier alpha value is -0.960. The molecule has 0 N–H and O–H groups in total. The van der Waals surface area contributed by atoms with Crippen molar-refractivity contribution in [1.82, 2.24) is 9.97 Å². The van der Waals surface area contributed by atoms with Crippen LogP contribution in [0.25, 0.3) is 0 Å². The Kier molecular flexibility index (Phi) is 2.27. The van der Waals surface area contributed by atoms with Gasteiger partial charge in [0.05, 0.1) is 13.2 Å². The van der Waals surface area contributed by atoms with E-state index in [4.69, 9.17) is 4.74 Å². The van der Waals surface area contributed by atoms with Gasteiger partial charge in [-0.25, -0.2) is 9.97 Å². The molecule has 0 saturated carbocycles. The Bertz CT molecular complexity index is 277. The lowest BCUT2D eigenvalue weighted by molar-refractivity contribution is 0.00812. The molecule has 2 rings (SSSR count). The highest BCUT2D eigenvalue weighted by Gasteiger charge is 2.21. The summed E-state index contributed by atoms with van der Waals surface area (Å²) in [7, 11) is 0. The van der Waals surface area contributed by atoms with Crippen LogP contribution in [0.3, 0.4) is 0 Å². The Labute approximate surface area is 78.2 Å². The zero-order valence-electron chi connectivity index (χ0n) is 8.03. The van der Waals surface area contributed by atoms with Crippen molar-refractivity contribution in [2.45, 2.75) is 25.7 Å². The molecular weight excluding hydrogens is 164 g/mol. The molecule has 1 aromatic rings. The first-order chi connectivity index (χ1) is 6.27. The number of ether oxygens (including phenoxy) is 1. The summed E-state index contributed by atoms with van der Waals surface area (Å²) in [5.41, 5.74) is 1.20. The molecule has 0 atom stereocenters. The molecule has 1 aliphatic rings. The number of hydrogen-bond donors (Lipinski definition) is 0. The first-order valence-corrected chi connectivity index (χ1v) is 4.67. The van der Waals surface area contributed by atoms with Crippen LogP contribution in [0.5, 0.6) is 0 Å². The largest absolute Gasteiger partial charge is 0.380 e. The minimum atomic E-state index is 0.409. The molecule has 0 aromatic carbocycles. The van der Waals surface area contributed by atoms with Crippen LogP contribution in [0, 0.1) is 0 Å². The average Bonchev–Trinajstić information content (AvgIpc) is 2.02. The second-order valence-electron chi connectivity index (χ2n) is 3.76. The van der Waals surface area contributed by atoms with Crippen LogP contribution >= 0.6 is 0 Å². The van der Waals surface area contributed by atoms with Gasteiger partial charge in [0.25, 0.3) is 0 Å². The highest BCUT2D eigenvalue weighted by molar-refractivity contribution is 5.14. The Morgan fingerprint density at radius 1 is 1.31 bits per heavy atom. The number of nitrogens with zero attached hydrogens (tertiary/aromatic N) is 2. The van der Waals surface area contributed by atoms with E-state index in [0.717, 1.165) is 19.0 Å². The van der Waals surface area contributed by atoms with Crippen LogP contribution in [0.2, 0.25) is 0 Å². The molecule has 13 heavy (non-hydrogen) atoms. The van der Waals surface area contributed by atoms with E-state index in [0.29, 0.717) is 11.8 Å². The van der Waals surface area contributed by atoms with Gasteiger partial charge in [-0.2, -0.15) is 0 Å². The molecule has 1 fully saturated rings. The molecule has 0 spiro atoms. The van der Waals surface area contributed by atoms with Gasteiger partial charge in [-0.15, -0.1) is 0 Å². The maximum Gasteiger partial charge on any atom is 0.130 e. The topological polar surface area (TPSA) is 35.0 Å². The van der Waals surface area contributed by atoms with Crippen LogP contribution < -0.4 is 0 Å². The van der Waals surface area contributed by atoms with Gasteiger partial charge in [0.2, 0.25) is 0 Å². The molecule has 0 amide bonds. The van der Waals surface area contributed by atoms with Gasteiger partial charge in [0, 0.05) is 24.2 Å². The minimum absolute atomic E-state index is 0.409. The zero-order chi connectivity index (χ0) is 9.26. The van der Waals surface area contributed by atoms with Crippen molar-refractivity contribution in [3.63, 3.8) is 0 Å². The van der Waals surface area contributed by atoms with Crippen LogP contribution in [0.4, 0.5) is 0 Å². The predicted octanol–water partition coefficient (Wildman–Crippen LogP) is 1.71. The van der Waals surface area contributed by atoms with E-state index in [1.807, 2.05) is 12.4 Å². The lowest BCUT2D eigenvalue weighted by Gasteiger charge is -2.25. The molecule has 0 unspecified atom stereocenters. The van der Waals surface area contributed by atoms with Gasteiger partial charge in [0.1, 0.15) is 5.82 Å². The molecule has 0 aliphatic carbocycles. The fourth-order valence-electron chi connectivity index (χ4n) is 1.29. The molecule has 0 bridgehead atoms. The molecule has 1 aliphatic heterocycles. The first-order valence-electron chi connectivity index (χ1n) is 4.67. The lowest BCUT2D eigenvalue weighted by atomic mass is 10.0. The minimum Gasteiger partial charge on any atom is -0.380 e. The van der Waals surface area contributed by atoms with Crippen LogP contribution in [-0.2, 0) is 4.74 Å². The monoisotopic (exact) mass is 178 g/mol. The van der Waals surface area contributed by atoms with Crippen molar-refractivity contribution in [3.05, 3.63) is 23.8 Å². The third-order valence-corrected chi connectivity index (χ3v) is 2.32. The number of rotatable bonds is 2. The van der Waals surface area contributed by atoms with Crippen molar-refractivity contribution in [2.24, 2.45) is 0 Å². The van der Waals surface area contributed by atoms with E-state index in [1.54, 1.807) is 0 Å². The second kappa shape index (κ2) is 3.42. The van der Waals surface area contributed by atoms with Crippen molar-refractivity contribution in [1.29, 1.82) is 0 Å². The van der Waals surface area contributed by atoms with Gasteiger partial charge in [0.15, 0.2) is 0 Å². The van der Waals surface area contributed by atoms with Gasteiger partial charge in [-0.3, -0.25) is 0 Å². The Morgan fingerprint density at radius 2 is 1.92 bits per heavy atom.